The second-order valence-corrected chi connectivity index (χ2v) is 7.41. The molecule has 0 saturated carbocycles. The van der Waals surface area contributed by atoms with Crippen molar-refractivity contribution in [2.75, 3.05) is 26.2 Å². The lowest BCUT2D eigenvalue weighted by Crippen LogP contribution is -2.50. The van der Waals surface area contributed by atoms with Crippen LogP contribution in [0, 0.1) is 13.8 Å². The molecule has 27 heavy (non-hydrogen) atoms. The first-order valence-corrected chi connectivity index (χ1v) is 9.15. The molecule has 2 N–H and O–H groups in total. The maximum atomic E-state index is 12.6. The fourth-order valence-electron chi connectivity index (χ4n) is 2.95. The van der Waals surface area contributed by atoms with Gasteiger partial charge in [0.15, 0.2) is 0 Å². The topological polar surface area (TPSA) is 62.5 Å². The predicted octanol–water partition coefficient (Wildman–Crippen LogP) is 3.37. The summed E-state index contributed by atoms with van der Waals surface area (Å²) in [7, 11) is 0. The Hall–Kier alpha value is -0.890. The number of benzene rings is 1. The van der Waals surface area contributed by atoms with Gasteiger partial charge >= 0.3 is 0 Å². The van der Waals surface area contributed by atoms with E-state index in [0.717, 1.165) is 49.0 Å². The Bertz CT molecular complexity index is 703. The third-order valence-electron chi connectivity index (χ3n) is 4.44. The average Bonchev–Trinajstić information content (AvgIpc) is 3.00. The minimum Gasteiger partial charge on any atom is -0.338 e. The van der Waals surface area contributed by atoms with Crippen molar-refractivity contribution in [1.29, 1.82) is 0 Å². The monoisotopic (exact) mass is 452 g/mol. The molecule has 1 saturated heterocycles. The van der Waals surface area contributed by atoms with Gasteiger partial charge < -0.3 is 10.6 Å². The summed E-state index contributed by atoms with van der Waals surface area (Å²) in [5.74, 6) is 0.0167. The van der Waals surface area contributed by atoms with Crippen LogP contribution in [0.3, 0.4) is 0 Å². The number of aromatic nitrogens is 1. The summed E-state index contributed by atoms with van der Waals surface area (Å²) in [5.41, 5.74) is 9.34. The van der Waals surface area contributed by atoms with E-state index in [0.29, 0.717) is 0 Å². The molecular formula is C18H27Cl3N4OS. The number of rotatable bonds is 4. The van der Waals surface area contributed by atoms with Gasteiger partial charge in [0.05, 0.1) is 10.7 Å². The maximum absolute atomic E-state index is 12.6. The highest BCUT2D eigenvalue weighted by Crippen LogP contribution is 2.17. The Labute approximate surface area is 183 Å². The van der Waals surface area contributed by atoms with Crippen LogP contribution >= 0.6 is 48.6 Å². The van der Waals surface area contributed by atoms with E-state index in [9.17, 15) is 4.79 Å². The van der Waals surface area contributed by atoms with Crippen LogP contribution < -0.4 is 5.73 Å². The zero-order chi connectivity index (χ0) is 17.1. The van der Waals surface area contributed by atoms with E-state index >= 15 is 0 Å². The highest BCUT2D eigenvalue weighted by molar-refractivity contribution is 7.09. The van der Waals surface area contributed by atoms with E-state index < -0.39 is 6.04 Å². The van der Waals surface area contributed by atoms with Crippen molar-refractivity contribution < 1.29 is 4.79 Å². The van der Waals surface area contributed by atoms with Crippen LogP contribution in [-0.4, -0.2) is 46.9 Å². The van der Waals surface area contributed by atoms with Gasteiger partial charge in [0.25, 0.3) is 0 Å². The molecule has 0 radical (unpaired) electrons. The van der Waals surface area contributed by atoms with E-state index in [1.54, 1.807) is 11.3 Å². The number of carbonyl (C=O) groups is 1. The molecule has 3 rings (SSSR count). The number of amides is 1. The summed E-state index contributed by atoms with van der Waals surface area (Å²) in [6.45, 7) is 8.09. The minimum atomic E-state index is -0.571. The summed E-state index contributed by atoms with van der Waals surface area (Å²) in [5, 5.41) is 3.21. The zero-order valence-electron chi connectivity index (χ0n) is 15.5. The van der Waals surface area contributed by atoms with Crippen molar-refractivity contribution in [3.8, 4) is 0 Å². The number of aryl methyl sites for hydroxylation is 2. The molecule has 1 atom stereocenters. The number of carbonyl (C=O) groups excluding carboxylic acids is 1. The molecule has 2 aromatic rings. The van der Waals surface area contributed by atoms with Gasteiger partial charge in [-0.15, -0.1) is 48.6 Å². The number of thiazole rings is 1. The SMILES string of the molecule is Cc1ccc(C(N)C(=O)N2CCN(Cc3csc(C)n3)CC2)cc1.Cl.Cl.Cl. The van der Waals surface area contributed by atoms with Crippen molar-refractivity contribution in [3.63, 3.8) is 0 Å². The van der Waals surface area contributed by atoms with Crippen LogP contribution in [0.1, 0.15) is 27.9 Å². The number of nitrogens with two attached hydrogens (primary N) is 1. The Balaban J connectivity index is 0.00000225. The molecule has 1 aromatic heterocycles. The third-order valence-corrected chi connectivity index (χ3v) is 5.26. The standard InChI is InChI=1S/C18H24N4OS.3ClH/c1-13-3-5-15(6-4-13)17(19)18(23)22-9-7-21(8-10-22)11-16-12-24-14(2)20-16;;;/h3-6,12,17H,7-11,19H2,1-2H3;3*1H. The highest BCUT2D eigenvalue weighted by atomic mass is 35.5. The molecule has 5 nitrogen and oxygen atoms in total. The normalized spacial score (nSPS) is 15.1. The first-order valence-electron chi connectivity index (χ1n) is 8.27. The lowest BCUT2D eigenvalue weighted by molar-refractivity contribution is -0.134. The highest BCUT2D eigenvalue weighted by Gasteiger charge is 2.26. The third kappa shape index (κ3) is 6.89. The largest absolute Gasteiger partial charge is 0.338 e. The van der Waals surface area contributed by atoms with Crippen LogP contribution in [-0.2, 0) is 11.3 Å². The molecule has 2 heterocycles. The predicted molar refractivity (Wildman–Crippen MR) is 119 cm³/mol. The summed E-state index contributed by atoms with van der Waals surface area (Å²) in [6, 6.07) is 7.31. The molecule has 1 unspecified atom stereocenters. The second-order valence-electron chi connectivity index (χ2n) is 6.35. The number of hydrogen-bond acceptors (Lipinski definition) is 5. The van der Waals surface area contributed by atoms with E-state index in [2.05, 4.69) is 15.3 Å². The lowest BCUT2D eigenvalue weighted by Gasteiger charge is -2.35. The second kappa shape index (κ2) is 11.8. The van der Waals surface area contributed by atoms with E-state index in [1.165, 1.54) is 5.56 Å². The molecule has 1 amide bonds. The molecule has 0 bridgehead atoms. The summed E-state index contributed by atoms with van der Waals surface area (Å²) >= 11 is 1.68. The number of hydrogen-bond donors (Lipinski definition) is 1. The zero-order valence-corrected chi connectivity index (χ0v) is 18.7. The van der Waals surface area contributed by atoms with Gasteiger partial charge in [-0.1, -0.05) is 29.8 Å². The maximum Gasteiger partial charge on any atom is 0.244 e. The van der Waals surface area contributed by atoms with Gasteiger partial charge in [-0.25, -0.2) is 4.98 Å². The average molecular weight is 454 g/mol. The van der Waals surface area contributed by atoms with Crippen LogP contribution in [0.25, 0.3) is 0 Å². The van der Waals surface area contributed by atoms with Gasteiger partial charge in [0.1, 0.15) is 6.04 Å². The van der Waals surface area contributed by atoms with Gasteiger partial charge in [-0.2, -0.15) is 0 Å². The Morgan fingerprint density at radius 1 is 1.11 bits per heavy atom. The number of nitrogens with zero attached hydrogens (tertiary/aromatic N) is 3. The Kier molecular flexibility index (Phi) is 11.5. The van der Waals surface area contributed by atoms with Crippen LogP contribution in [0.2, 0.25) is 0 Å². The molecule has 9 heteroatoms. The molecular weight excluding hydrogens is 427 g/mol. The van der Waals surface area contributed by atoms with E-state index in [1.807, 2.05) is 43.0 Å². The first-order chi connectivity index (χ1) is 11.5. The van der Waals surface area contributed by atoms with Crippen molar-refractivity contribution in [2.24, 2.45) is 5.73 Å². The van der Waals surface area contributed by atoms with Gasteiger partial charge in [-0.3, -0.25) is 9.69 Å². The van der Waals surface area contributed by atoms with Gasteiger partial charge in [0.2, 0.25) is 5.91 Å². The van der Waals surface area contributed by atoms with E-state index in [4.69, 9.17) is 5.73 Å². The molecule has 1 fully saturated rings. The summed E-state index contributed by atoms with van der Waals surface area (Å²) in [4.78, 5) is 21.4. The molecule has 152 valence electrons. The lowest BCUT2D eigenvalue weighted by atomic mass is 10.0. The quantitative estimate of drug-likeness (QED) is 0.771. The fraction of sp³-hybridized carbons (Fsp3) is 0.444. The Morgan fingerprint density at radius 2 is 1.70 bits per heavy atom. The van der Waals surface area contributed by atoms with E-state index in [-0.39, 0.29) is 43.1 Å². The van der Waals surface area contributed by atoms with Gasteiger partial charge in [0, 0.05) is 38.1 Å². The fourth-order valence-corrected chi connectivity index (χ4v) is 3.55. The molecule has 0 aliphatic carbocycles. The molecule has 1 aliphatic rings. The molecule has 1 aliphatic heterocycles. The molecule has 1 aromatic carbocycles. The van der Waals surface area contributed by atoms with Crippen LogP contribution in [0.15, 0.2) is 29.6 Å². The minimum absolute atomic E-state index is 0. The van der Waals surface area contributed by atoms with Crippen molar-refractivity contribution in [3.05, 3.63) is 51.5 Å². The van der Waals surface area contributed by atoms with Crippen LogP contribution in [0.5, 0.6) is 0 Å². The van der Waals surface area contributed by atoms with Crippen molar-refractivity contribution in [1.82, 2.24) is 14.8 Å². The van der Waals surface area contributed by atoms with Crippen LogP contribution in [0.4, 0.5) is 0 Å². The number of halogens is 3. The smallest absolute Gasteiger partial charge is 0.244 e. The number of piperazine rings is 1. The molecule has 0 spiro atoms. The first kappa shape index (κ1) is 26.1. The summed E-state index contributed by atoms with van der Waals surface area (Å²) in [6.07, 6.45) is 0. The summed E-state index contributed by atoms with van der Waals surface area (Å²) < 4.78 is 0. The van der Waals surface area contributed by atoms with Gasteiger partial charge in [-0.05, 0) is 19.4 Å². The Morgan fingerprint density at radius 3 is 2.22 bits per heavy atom. The van der Waals surface area contributed by atoms with Crippen molar-refractivity contribution >= 4 is 54.5 Å². The van der Waals surface area contributed by atoms with Crippen molar-refractivity contribution in [2.45, 2.75) is 26.4 Å².